The molecule has 0 radical (unpaired) electrons. The van der Waals surface area contributed by atoms with Crippen molar-refractivity contribution in [3.05, 3.63) is 36.3 Å². The number of nitrogens with zero attached hydrogens (tertiary/aromatic N) is 1. The average Bonchev–Trinajstić information content (AvgIpc) is 2.40. The largest absolute Gasteiger partial charge is 0.476 e. The van der Waals surface area contributed by atoms with E-state index >= 15 is 0 Å². The smallest absolute Gasteiger partial charge is 0.356 e. The Labute approximate surface area is 84.7 Å². The Hall–Kier alpha value is -2.24. The molecule has 2 aliphatic heterocycles. The summed E-state index contributed by atoms with van der Waals surface area (Å²) >= 11 is 0. The van der Waals surface area contributed by atoms with Crippen LogP contribution in [0.3, 0.4) is 0 Å². The van der Waals surface area contributed by atoms with Crippen LogP contribution in [-0.2, 0) is 19.1 Å². The van der Waals surface area contributed by atoms with E-state index in [1.807, 2.05) is 0 Å². The quantitative estimate of drug-likeness (QED) is 0.665. The highest BCUT2D eigenvalue weighted by Gasteiger charge is 2.31. The molecule has 2 aliphatic rings. The molecular weight excluding hydrogens is 202 g/mol. The minimum absolute atomic E-state index is 0.0740. The minimum atomic E-state index is -1.26. The molecule has 15 heavy (non-hydrogen) atoms. The number of carbonyl (C=O) groups is 2. The minimum Gasteiger partial charge on any atom is -0.476 e. The molecule has 6 heteroatoms. The molecule has 0 aromatic heterocycles. The van der Waals surface area contributed by atoms with Crippen molar-refractivity contribution < 1.29 is 24.2 Å². The van der Waals surface area contributed by atoms with Gasteiger partial charge in [-0.15, -0.1) is 0 Å². The topological polar surface area (TPSA) is 76.1 Å². The van der Waals surface area contributed by atoms with Crippen LogP contribution in [0.1, 0.15) is 0 Å². The molecule has 0 aromatic rings. The first-order valence-corrected chi connectivity index (χ1v) is 4.12. The lowest BCUT2D eigenvalue weighted by Gasteiger charge is -2.24. The Morgan fingerprint density at radius 1 is 1.47 bits per heavy atom. The molecule has 2 heterocycles. The number of hydrogen-bond acceptors (Lipinski definition) is 4. The molecule has 0 bridgehead atoms. The van der Waals surface area contributed by atoms with E-state index in [2.05, 4.69) is 0 Å². The van der Waals surface area contributed by atoms with Gasteiger partial charge in [0.25, 0.3) is 5.91 Å². The zero-order chi connectivity index (χ0) is 10.8. The first kappa shape index (κ1) is 9.32. The van der Waals surface area contributed by atoms with Crippen LogP contribution in [0.15, 0.2) is 36.3 Å². The fraction of sp³-hybridized carbons (Fsp3) is 0.111. The molecule has 1 amide bonds. The molecule has 0 unspecified atom stereocenters. The third-order valence-corrected chi connectivity index (χ3v) is 1.84. The second-order valence-corrected chi connectivity index (χ2v) is 2.79. The lowest BCUT2D eigenvalue weighted by molar-refractivity contribution is -0.138. The van der Waals surface area contributed by atoms with Crippen LogP contribution in [0, 0.1) is 0 Å². The molecular formula is C9H7NO5. The van der Waals surface area contributed by atoms with Crippen LogP contribution in [0.2, 0.25) is 0 Å². The fourth-order valence-corrected chi connectivity index (χ4v) is 1.21. The van der Waals surface area contributed by atoms with Gasteiger partial charge in [-0.05, 0) is 6.08 Å². The van der Waals surface area contributed by atoms with Gasteiger partial charge in [-0.2, -0.15) is 0 Å². The van der Waals surface area contributed by atoms with Crippen molar-refractivity contribution in [3.63, 3.8) is 0 Å². The summed E-state index contributed by atoms with van der Waals surface area (Å²) in [7, 11) is 0. The van der Waals surface area contributed by atoms with Gasteiger partial charge in [0.15, 0.2) is 12.0 Å². The fourth-order valence-electron chi connectivity index (χ4n) is 1.21. The van der Waals surface area contributed by atoms with Gasteiger partial charge in [-0.25, -0.2) is 9.69 Å². The number of ether oxygens (including phenoxy) is 2. The zero-order valence-corrected chi connectivity index (χ0v) is 7.54. The average molecular weight is 209 g/mol. The summed E-state index contributed by atoms with van der Waals surface area (Å²) in [6.45, 7) is 0.199. The van der Waals surface area contributed by atoms with Crippen LogP contribution in [-0.4, -0.2) is 28.5 Å². The third kappa shape index (κ3) is 1.56. The van der Waals surface area contributed by atoms with Gasteiger partial charge in [0.05, 0.1) is 0 Å². The number of aliphatic carboxylic acids is 1. The summed E-state index contributed by atoms with van der Waals surface area (Å²) in [4.78, 5) is 23.3. The van der Waals surface area contributed by atoms with E-state index in [-0.39, 0.29) is 18.2 Å². The first-order valence-electron chi connectivity index (χ1n) is 4.12. The normalized spacial score (nSPS) is 19.2. The van der Waals surface area contributed by atoms with E-state index in [1.165, 1.54) is 18.4 Å². The Kier molecular flexibility index (Phi) is 2.17. The van der Waals surface area contributed by atoms with Gasteiger partial charge in [0, 0.05) is 6.08 Å². The number of fused-ring (bicyclic) bond motifs is 1. The molecule has 78 valence electrons. The van der Waals surface area contributed by atoms with E-state index in [4.69, 9.17) is 14.6 Å². The number of hydrogen-bond donors (Lipinski definition) is 1. The maximum Gasteiger partial charge on any atom is 0.356 e. The van der Waals surface area contributed by atoms with Gasteiger partial charge in [-0.3, -0.25) is 4.79 Å². The summed E-state index contributed by atoms with van der Waals surface area (Å²) in [6.07, 6.45) is 4.91. The van der Waals surface area contributed by atoms with Crippen LogP contribution >= 0.6 is 0 Å². The second-order valence-electron chi connectivity index (χ2n) is 2.79. The van der Waals surface area contributed by atoms with Crippen LogP contribution < -0.4 is 0 Å². The van der Waals surface area contributed by atoms with Crippen molar-refractivity contribution in [3.8, 4) is 0 Å². The van der Waals surface area contributed by atoms with Gasteiger partial charge >= 0.3 is 5.97 Å². The Balaban J connectivity index is 2.39. The van der Waals surface area contributed by atoms with Crippen molar-refractivity contribution in [2.45, 2.75) is 0 Å². The van der Waals surface area contributed by atoms with E-state index in [1.54, 1.807) is 0 Å². The van der Waals surface area contributed by atoms with E-state index in [0.717, 1.165) is 11.2 Å². The highest BCUT2D eigenvalue weighted by Crippen LogP contribution is 2.22. The predicted molar refractivity (Wildman–Crippen MR) is 46.8 cm³/mol. The van der Waals surface area contributed by atoms with Crippen molar-refractivity contribution >= 4 is 11.9 Å². The predicted octanol–water partition coefficient (Wildman–Crippen LogP) is 0.157. The van der Waals surface area contributed by atoms with Gasteiger partial charge in [0.2, 0.25) is 5.88 Å². The Morgan fingerprint density at radius 3 is 3.00 bits per heavy atom. The van der Waals surface area contributed by atoms with Crippen molar-refractivity contribution in [2.75, 3.05) is 6.61 Å². The van der Waals surface area contributed by atoms with Crippen molar-refractivity contribution in [1.82, 2.24) is 4.90 Å². The van der Waals surface area contributed by atoms with Crippen molar-refractivity contribution in [2.24, 2.45) is 0 Å². The number of carbonyl (C=O) groups excluding carboxylic acids is 1. The highest BCUT2D eigenvalue weighted by molar-refractivity contribution is 5.98. The van der Waals surface area contributed by atoms with Gasteiger partial charge in [-0.1, -0.05) is 0 Å². The molecule has 1 N–H and O–H groups in total. The van der Waals surface area contributed by atoms with Crippen LogP contribution in [0.4, 0.5) is 0 Å². The maximum atomic E-state index is 11.5. The summed E-state index contributed by atoms with van der Waals surface area (Å²) in [5, 5.41) is 8.84. The maximum absolute atomic E-state index is 11.5. The molecule has 0 saturated carbocycles. The summed E-state index contributed by atoms with van der Waals surface area (Å²) < 4.78 is 9.87. The SMILES string of the molecule is O=C(O)C1=COC=C2OCC=CC(=O)N21. The summed E-state index contributed by atoms with van der Waals surface area (Å²) in [5.41, 5.74) is -0.274. The van der Waals surface area contributed by atoms with Gasteiger partial charge < -0.3 is 14.6 Å². The first-order chi connectivity index (χ1) is 7.20. The van der Waals surface area contributed by atoms with Crippen LogP contribution in [0.5, 0.6) is 0 Å². The van der Waals surface area contributed by atoms with E-state index < -0.39 is 11.9 Å². The highest BCUT2D eigenvalue weighted by atomic mass is 16.5. The molecule has 0 atom stereocenters. The Bertz CT molecular complexity index is 407. The second kappa shape index (κ2) is 3.49. The monoisotopic (exact) mass is 209 g/mol. The molecule has 0 aliphatic carbocycles. The molecule has 0 fully saturated rings. The molecule has 0 spiro atoms. The standard InChI is InChI=1S/C9H7NO5/c11-7-2-1-3-15-8-5-14-4-6(9(12)13)10(7)8/h1-2,4-5H,3H2,(H,12,13). The number of rotatable bonds is 1. The van der Waals surface area contributed by atoms with Crippen LogP contribution in [0.25, 0.3) is 0 Å². The molecule has 0 aromatic carbocycles. The Morgan fingerprint density at radius 2 is 2.27 bits per heavy atom. The molecule has 6 nitrogen and oxygen atoms in total. The van der Waals surface area contributed by atoms with E-state index in [0.29, 0.717) is 0 Å². The van der Waals surface area contributed by atoms with E-state index in [9.17, 15) is 9.59 Å². The lowest BCUT2D eigenvalue weighted by Crippen LogP contribution is -2.33. The zero-order valence-electron chi connectivity index (χ0n) is 7.54. The number of carboxylic acid groups (broad SMARTS) is 1. The third-order valence-electron chi connectivity index (χ3n) is 1.84. The van der Waals surface area contributed by atoms with Crippen molar-refractivity contribution in [1.29, 1.82) is 0 Å². The molecule has 2 rings (SSSR count). The molecule has 0 saturated heterocycles. The summed E-state index contributed by atoms with van der Waals surface area (Å²) in [6, 6.07) is 0. The number of amides is 1. The number of carboxylic acids is 1. The van der Waals surface area contributed by atoms with Gasteiger partial charge in [0.1, 0.15) is 12.9 Å². The lowest BCUT2D eigenvalue weighted by atomic mass is 10.3. The summed E-state index contributed by atoms with van der Waals surface area (Å²) in [5.74, 6) is -1.66.